The fourth-order valence-electron chi connectivity index (χ4n) is 1.92. The van der Waals surface area contributed by atoms with Gasteiger partial charge in [-0.05, 0) is 37.5 Å². The number of carbonyl (C=O) groups is 1. The molecule has 3 nitrogen and oxygen atoms in total. The Kier molecular flexibility index (Phi) is 2.86. The summed E-state index contributed by atoms with van der Waals surface area (Å²) >= 11 is 0. The molecule has 0 bridgehead atoms. The van der Waals surface area contributed by atoms with Gasteiger partial charge in [-0.25, -0.2) is 0 Å². The van der Waals surface area contributed by atoms with Gasteiger partial charge in [-0.15, -0.1) is 0 Å². The van der Waals surface area contributed by atoms with Crippen molar-refractivity contribution in [3.8, 4) is 0 Å². The lowest BCUT2D eigenvalue weighted by molar-refractivity contribution is -0.131. The van der Waals surface area contributed by atoms with E-state index >= 15 is 0 Å². The first kappa shape index (κ1) is 11.0. The number of nitrogens with zero attached hydrogens (tertiary/aromatic N) is 1. The summed E-state index contributed by atoms with van der Waals surface area (Å²) in [6.07, 6.45) is 2.29. The molecular formula is C13H18N2O. The van der Waals surface area contributed by atoms with Gasteiger partial charge in [0, 0.05) is 18.8 Å². The van der Waals surface area contributed by atoms with Crippen molar-refractivity contribution in [2.75, 3.05) is 12.8 Å². The van der Waals surface area contributed by atoms with E-state index in [1.54, 1.807) is 0 Å². The Morgan fingerprint density at radius 3 is 2.75 bits per heavy atom. The summed E-state index contributed by atoms with van der Waals surface area (Å²) in [5.41, 5.74) is 7.43. The smallest absolute Gasteiger partial charge is 0.229 e. The molecule has 1 atom stereocenters. The highest BCUT2D eigenvalue weighted by Gasteiger charge is 2.32. The average Bonchev–Trinajstić information content (AvgIpc) is 3.10. The van der Waals surface area contributed by atoms with Crippen LogP contribution >= 0.6 is 0 Å². The van der Waals surface area contributed by atoms with Gasteiger partial charge in [0.1, 0.15) is 0 Å². The second-order valence-corrected chi connectivity index (χ2v) is 4.57. The largest absolute Gasteiger partial charge is 0.399 e. The molecular weight excluding hydrogens is 200 g/mol. The highest BCUT2D eigenvalue weighted by atomic mass is 16.2. The standard InChI is InChI=1S/C13H18N2O/c1-9(10-4-3-5-11(14)8-10)13(16)15(2)12-6-7-12/h3-5,8-9,12H,6-7,14H2,1-2H3. The summed E-state index contributed by atoms with van der Waals surface area (Å²) in [5, 5.41) is 0. The van der Waals surface area contributed by atoms with Crippen molar-refractivity contribution in [1.82, 2.24) is 4.90 Å². The van der Waals surface area contributed by atoms with Gasteiger partial charge in [-0.2, -0.15) is 0 Å². The number of carbonyl (C=O) groups excluding carboxylic acids is 1. The maximum absolute atomic E-state index is 12.1. The van der Waals surface area contributed by atoms with E-state index in [4.69, 9.17) is 5.73 Å². The van der Waals surface area contributed by atoms with Crippen molar-refractivity contribution in [3.05, 3.63) is 29.8 Å². The molecule has 0 saturated heterocycles. The Hall–Kier alpha value is -1.51. The Labute approximate surface area is 96.2 Å². The highest BCUT2D eigenvalue weighted by molar-refractivity contribution is 5.83. The predicted octanol–water partition coefficient (Wildman–Crippen LogP) is 1.99. The van der Waals surface area contributed by atoms with E-state index in [1.165, 1.54) is 0 Å². The van der Waals surface area contributed by atoms with E-state index < -0.39 is 0 Å². The van der Waals surface area contributed by atoms with Gasteiger partial charge in [-0.1, -0.05) is 12.1 Å². The van der Waals surface area contributed by atoms with Gasteiger partial charge in [-0.3, -0.25) is 4.79 Å². The van der Waals surface area contributed by atoms with E-state index in [9.17, 15) is 4.79 Å². The molecule has 1 amide bonds. The number of rotatable bonds is 3. The Morgan fingerprint density at radius 1 is 1.50 bits per heavy atom. The summed E-state index contributed by atoms with van der Waals surface area (Å²) in [6, 6.07) is 8.04. The Bertz CT molecular complexity index is 399. The van der Waals surface area contributed by atoms with Crippen LogP contribution in [-0.2, 0) is 4.79 Å². The molecule has 1 aromatic rings. The minimum atomic E-state index is -0.103. The molecule has 1 aromatic carbocycles. The Morgan fingerprint density at radius 2 is 2.19 bits per heavy atom. The van der Waals surface area contributed by atoms with Crippen LogP contribution in [0, 0.1) is 0 Å². The zero-order valence-electron chi connectivity index (χ0n) is 9.81. The topological polar surface area (TPSA) is 46.3 Å². The van der Waals surface area contributed by atoms with Gasteiger partial charge in [0.15, 0.2) is 0 Å². The second kappa shape index (κ2) is 4.16. The molecule has 1 aliphatic rings. The maximum atomic E-state index is 12.1. The third-order valence-corrected chi connectivity index (χ3v) is 3.22. The summed E-state index contributed by atoms with van der Waals surface area (Å²) in [7, 11) is 1.89. The Balaban J connectivity index is 2.11. The highest BCUT2D eigenvalue weighted by Crippen LogP contribution is 2.29. The normalized spacial score (nSPS) is 16.9. The number of nitrogens with two attached hydrogens (primary N) is 1. The van der Waals surface area contributed by atoms with Crippen LogP contribution in [0.3, 0.4) is 0 Å². The molecule has 86 valence electrons. The summed E-state index contributed by atoms with van der Waals surface area (Å²) in [4.78, 5) is 14.0. The summed E-state index contributed by atoms with van der Waals surface area (Å²) in [6.45, 7) is 1.94. The van der Waals surface area contributed by atoms with Crippen molar-refractivity contribution >= 4 is 11.6 Å². The molecule has 2 rings (SSSR count). The minimum Gasteiger partial charge on any atom is -0.399 e. The zero-order valence-corrected chi connectivity index (χ0v) is 9.81. The lowest BCUT2D eigenvalue weighted by Gasteiger charge is -2.21. The van der Waals surface area contributed by atoms with E-state index in [0.717, 1.165) is 18.4 Å². The second-order valence-electron chi connectivity index (χ2n) is 4.57. The number of nitrogen functional groups attached to an aromatic ring is 1. The number of anilines is 1. The van der Waals surface area contributed by atoms with Crippen molar-refractivity contribution in [2.24, 2.45) is 0 Å². The van der Waals surface area contributed by atoms with Crippen LogP contribution in [0.15, 0.2) is 24.3 Å². The quantitative estimate of drug-likeness (QED) is 0.789. The number of amides is 1. The van der Waals surface area contributed by atoms with E-state index in [1.807, 2.05) is 43.1 Å². The fourth-order valence-corrected chi connectivity index (χ4v) is 1.92. The molecule has 1 fully saturated rings. The van der Waals surface area contributed by atoms with Crippen molar-refractivity contribution in [1.29, 1.82) is 0 Å². The molecule has 0 radical (unpaired) electrons. The third kappa shape index (κ3) is 2.18. The van der Waals surface area contributed by atoms with Gasteiger partial charge in [0.05, 0.1) is 5.92 Å². The third-order valence-electron chi connectivity index (χ3n) is 3.22. The maximum Gasteiger partial charge on any atom is 0.229 e. The first-order valence-corrected chi connectivity index (χ1v) is 5.71. The minimum absolute atomic E-state index is 0.103. The van der Waals surface area contributed by atoms with Crippen LogP contribution in [0.5, 0.6) is 0 Å². The van der Waals surface area contributed by atoms with Crippen LogP contribution in [0.1, 0.15) is 31.2 Å². The molecule has 1 unspecified atom stereocenters. The first-order valence-electron chi connectivity index (χ1n) is 5.71. The lowest BCUT2D eigenvalue weighted by Crippen LogP contribution is -2.32. The molecule has 1 aliphatic carbocycles. The van der Waals surface area contributed by atoms with Crippen molar-refractivity contribution < 1.29 is 4.79 Å². The van der Waals surface area contributed by atoms with Crippen LogP contribution in [0.4, 0.5) is 5.69 Å². The van der Waals surface area contributed by atoms with Gasteiger partial charge < -0.3 is 10.6 Å². The molecule has 0 aromatic heterocycles. The molecule has 1 saturated carbocycles. The van der Waals surface area contributed by atoms with E-state index in [2.05, 4.69) is 0 Å². The molecule has 2 N–H and O–H groups in total. The molecule has 0 spiro atoms. The van der Waals surface area contributed by atoms with Crippen LogP contribution < -0.4 is 5.73 Å². The van der Waals surface area contributed by atoms with Crippen molar-refractivity contribution in [2.45, 2.75) is 31.7 Å². The fraction of sp³-hybridized carbons (Fsp3) is 0.462. The van der Waals surface area contributed by atoms with Crippen LogP contribution in [-0.4, -0.2) is 23.9 Å². The zero-order chi connectivity index (χ0) is 11.7. The lowest BCUT2D eigenvalue weighted by atomic mass is 9.99. The van der Waals surface area contributed by atoms with Gasteiger partial charge in [0.25, 0.3) is 0 Å². The van der Waals surface area contributed by atoms with Gasteiger partial charge >= 0.3 is 0 Å². The predicted molar refractivity (Wildman–Crippen MR) is 65.1 cm³/mol. The molecule has 0 heterocycles. The van der Waals surface area contributed by atoms with E-state index in [-0.39, 0.29) is 11.8 Å². The molecule has 3 heteroatoms. The molecule has 16 heavy (non-hydrogen) atoms. The number of hydrogen-bond donors (Lipinski definition) is 1. The van der Waals surface area contributed by atoms with Crippen LogP contribution in [0.25, 0.3) is 0 Å². The molecule has 0 aliphatic heterocycles. The number of benzene rings is 1. The average molecular weight is 218 g/mol. The SMILES string of the molecule is CC(C(=O)N(C)C1CC1)c1cccc(N)c1. The van der Waals surface area contributed by atoms with Crippen LogP contribution in [0.2, 0.25) is 0 Å². The monoisotopic (exact) mass is 218 g/mol. The van der Waals surface area contributed by atoms with E-state index in [0.29, 0.717) is 11.7 Å². The summed E-state index contributed by atoms with van der Waals surface area (Å²) in [5.74, 6) is 0.0854. The van der Waals surface area contributed by atoms with Gasteiger partial charge in [0.2, 0.25) is 5.91 Å². The first-order chi connectivity index (χ1) is 7.59. The number of likely N-dealkylation sites (N-methyl/N-ethyl adjacent to an activating group) is 1. The summed E-state index contributed by atoms with van der Waals surface area (Å²) < 4.78 is 0. The van der Waals surface area contributed by atoms with Crippen molar-refractivity contribution in [3.63, 3.8) is 0 Å². The number of hydrogen-bond acceptors (Lipinski definition) is 2.